The number of fused-ring (bicyclic) bond motifs is 1. The fourth-order valence-corrected chi connectivity index (χ4v) is 7.33. The molecule has 3 aromatic heterocycles. The molecule has 0 amide bonds. The number of ether oxygens (including phenoxy) is 3. The second-order valence-electron chi connectivity index (χ2n) is 9.44. The lowest BCUT2D eigenvalue weighted by Crippen LogP contribution is -2.34. The molecule has 4 heterocycles. The number of aromatic nitrogens is 3. The van der Waals surface area contributed by atoms with Crippen molar-refractivity contribution < 1.29 is 27.4 Å². The molecule has 1 spiro atoms. The normalized spacial score (nSPS) is 17.8. The van der Waals surface area contributed by atoms with Crippen molar-refractivity contribution in [3.8, 4) is 11.3 Å². The molecule has 0 N–H and O–H groups in total. The van der Waals surface area contributed by atoms with Gasteiger partial charge in [0.05, 0.1) is 30.4 Å². The van der Waals surface area contributed by atoms with E-state index in [2.05, 4.69) is 9.97 Å². The Morgan fingerprint density at radius 1 is 1.18 bits per heavy atom. The Morgan fingerprint density at radius 3 is 2.63 bits per heavy atom. The van der Waals surface area contributed by atoms with Gasteiger partial charge in [0.2, 0.25) is 5.01 Å². The number of nitrogens with zero attached hydrogens (tertiary/aromatic N) is 3. The molecular weight excluding hydrogens is 526 g/mol. The molecule has 4 aromatic rings. The van der Waals surface area contributed by atoms with E-state index in [1.807, 2.05) is 6.07 Å². The summed E-state index contributed by atoms with van der Waals surface area (Å²) in [6.45, 7) is 3.24. The summed E-state index contributed by atoms with van der Waals surface area (Å²) in [6.07, 6.45) is 6.70. The van der Waals surface area contributed by atoms with Crippen LogP contribution in [0.3, 0.4) is 0 Å². The monoisotopic (exact) mass is 553 g/mol. The molecule has 2 fully saturated rings. The van der Waals surface area contributed by atoms with Gasteiger partial charge in [0, 0.05) is 41.6 Å². The van der Waals surface area contributed by atoms with Gasteiger partial charge in [-0.2, -0.15) is 0 Å². The van der Waals surface area contributed by atoms with Crippen molar-refractivity contribution in [2.45, 2.75) is 49.2 Å². The summed E-state index contributed by atoms with van der Waals surface area (Å²) in [5, 5.41) is 2.62. The first-order chi connectivity index (χ1) is 18.4. The average molecular weight is 554 g/mol. The quantitative estimate of drug-likeness (QED) is 0.308. The van der Waals surface area contributed by atoms with Crippen LogP contribution in [0.15, 0.2) is 59.1 Å². The van der Waals surface area contributed by atoms with Crippen molar-refractivity contribution >= 4 is 38.4 Å². The molecule has 1 saturated heterocycles. The summed E-state index contributed by atoms with van der Waals surface area (Å²) >= 11 is 1.16. The van der Waals surface area contributed by atoms with Crippen LogP contribution in [-0.2, 0) is 24.2 Å². The second kappa shape index (κ2) is 9.88. The summed E-state index contributed by atoms with van der Waals surface area (Å²) in [5.41, 5.74) is 2.44. The first kappa shape index (κ1) is 25.2. The van der Waals surface area contributed by atoms with Crippen LogP contribution >= 0.6 is 11.3 Å². The van der Waals surface area contributed by atoms with Gasteiger partial charge in [-0.15, -0.1) is 11.3 Å². The lowest BCUT2D eigenvalue weighted by atomic mass is 9.81. The van der Waals surface area contributed by atoms with Crippen LogP contribution in [0.5, 0.6) is 0 Å². The van der Waals surface area contributed by atoms with E-state index in [0.717, 1.165) is 42.6 Å². The summed E-state index contributed by atoms with van der Waals surface area (Å²) < 4.78 is 45.3. The number of thiazole rings is 1. The minimum Gasteiger partial charge on any atom is -0.461 e. The maximum atomic E-state index is 13.6. The lowest BCUT2D eigenvalue weighted by molar-refractivity contribution is -0.178. The van der Waals surface area contributed by atoms with E-state index in [0.29, 0.717) is 35.5 Å². The predicted molar refractivity (Wildman–Crippen MR) is 142 cm³/mol. The molecule has 0 unspecified atom stereocenters. The summed E-state index contributed by atoms with van der Waals surface area (Å²) in [6, 6.07) is 10.3. The van der Waals surface area contributed by atoms with E-state index < -0.39 is 21.8 Å². The molecule has 1 aromatic carbocycles. The van der Waals surface area contributed by atoms with Crippen LogP contribution in [0.25, 0.3) is 22.3 Å². The van der Waals surface area contributed by atoms with Gasteiger partial charge in [-0.1, -0.05) is 18.2 Å². The fourth-order valence-electron chi connectivity index (χ4n) is 5.27. The summed E-state index contributed by atoms with van der Waals surface area (Å²) in [7, 11) is -3.92. The van der Waals surface area contributed by atoms with Gasteiger partial charge in [-0.05, 0) is 49.4 Å². The van der Waals surface area contributed by atoms with Crippen molar-refractivity contribution in [3.05, 3.63) is 64.7 Å². The molecular formula is C27H27N3O6S2. The molecule has 2 aliphatic rings. The highest BCUT2D eigenvalue weighted by Gasteiger charge is 2.40. The Kier molecular flexibility index (Phi) is 6.55. The van der Waals surface area contributed by atoms with Gasteiger partial charge in [0.1, 0.15) is 0 Å². The molecule has 38 heavy (non-hydrogen) atoms. The fraction of sp³-hybridized carbons (Fsp3) is 0.370. The van der Waals surface area contributed by atoms with Gasteiger partial charge in [0.25, 0.3) is 10.0 Å². The number of hydrogen-bond donors (Lipinski definition) is 0. The number of carbonyl (C=O) groups excluding carboxylic acids is 1. The topological polar surface area (TPSA) is 110 Å². The third kappa shape index (κ3) is 4.43. The second-order valence-corrected chi connectivity index (χ2v) is 12.1. The van der Waals surface area contributed by atoms with E-state index in [4.69, 9.17) is 14.2 Å². The zero-order chi connectivity index (χ0) is 26.3. The minimum atomic E-state index is -3.92. The minimum absolute atomic E-state index is 0.161. The number of esters is 1. The highest BCUT2D eigenvalue weighted by molar-refractivity contribution is 7.90. The third-order valence-corrected chi connectivity index (χ3v) is 9.68. The molecule has 1 aliphatic heterocycles. The molecule has 9 nitrogen and oxygen atoms in total. The number of pyridine rings is 1. The Hall–Kier alpha value is -3.12. The van der Waals surface area contributed by atoms with Crippen LogP contribution in [0.4, 0.5) is 0 Å². The van der Waals surface area contributed by atoms with Crippen molar-refractivity contribution in [1.29, 1.82) is 0 Å². The van der Waals surface area contributed by atoms with Crippen LogP contribution in [-0.4, -0.2) is 53.9 Å². The van der Waals surface area contributed by atoms with Gasteiger partial charge >= 0.3 is 5.97 Å². The zero-order valence-electron chi connectivity index (χ0n) is 20.8. The molecule has 0 bridgehead atoms. The third-order valence-electron chi connectivity index (χ3n) is 7.20. The Morgan fingerprint density at radius 2 is 1.92 bits per heavy atom. The van der Waals surface area contributed by atoms with E-state index >= 15 is 0 Å². The van der Waals surface area contributed by atoms with Crippen molar-refractivity contribution in [2.24, 2.45) is 0 Å². The summed E-state index contributed by atoms with van der Waals surface area (Å²) in [5.74, 6) is -0.718. The van der Waals surface area contributed by atoms with Crippen LogP contribution < -0.4 is 0 Å². The van der Waals surface area contributed by atoms with Crippen molar-refractivity contribution in [1.82, 2.24) is 13.9 Å². The van der Waals surface area contributed by atoms with Gasteiger partial charge in [0.15, 0.2) is 11.4 Å². The lowest BCUT2D eigenvalue weighted by Gasteiger charge is -2.35. The zero-order valence-corrected chi connectivity index (χ0v) is 22.5. The molecule has 11 heteroatoms. The van der Waals surface area contributed by atoms with Crippen molar-refractivity contribution in [2.75, 3.05) is 19.8 Å². The van der Waals surface area contributed by atoms with E-state index in [-0.39, 0.29) is 22.4 Å². The largest absolute Gasteiger partial charge is 0.461 e. The maximum Gasteiger partial charge on any atom is 0.367 e. The first-order valence-electron chi connectivity index (χ1n) is 12.6. The van der Waals surface area contributed by atoms with Crippen molar-refractivity contribution in [3.63, 3.8) is 0 Å². The van der Waals surface area contributed by atoms with E-state index in [9.17, 15) is 13.2 Å². The maximum absolute atomic E-state index is 13.6. The highest BCUT2D eigenvalue weighted by Crippen LogP contribution is 2.43. The van der Waals surface area contributed by atoms with Gasteiger partial charge < -0.3 is 14.2 Å². The number of carbonyl (C=O) groups is 1. The molecule has 6 rings (SSSR count). The first-order valence-corrected chi connectivity index (χ1v) is 14.9. The Labute approximate surface area is 224 Å². The highest BCUT2D eigenvalue weighted by atomic mass is 32.2. The van der Waals surface area contributed by atoms with Crippen LogP contribution in [0.1, 0.15) is 53.9 Å². The molecule has 0 radical (unpaired) electrons. The average Bonchev–Trinajstić information content (AvgIpc) is 3.69. The molecule has 1 aliphatic carbocycles. The number of rotatable bonds is 6. The van der Waals surface area contributed by atoms with Gasteiger partial charge in [-0.3, -0.25) is 0 Å². The smallest absolute Gasteiger partial charge is 0.367 e. The SMILES string of the molecule is CCOC(=O)c1nc(-c2cn(S(=O)(=O)c3ccccc3)c3ncc(C4CCC5(CC4)OCCO5)cc23)cs1. The Bertz CT molecular complexity index is 1580. The Balaban J connectivity index is 1.43. The number of hydrogen-bond acceptors (Lipinski definition) is 9. The van der Waals surface area contributed by atoms with Gasteiger partial charge in [-0.25, -0.2) is 27.2 Å². The number of benzene rings is 1. The predicted octanol–water partition coefficient (Wildman–Crippen LogP) is 4.97. The molecule has 198 valence electrons. The standard InChI is InChI=1S/C27H27N3O6S2/c1-2-34-26(31)25-29-23(17-37-25)22-16-30(38(32,33)20-6-4-3-5-7-20)24-21(22)14-19(15-28-24)18-8-10-27(11-9-18)35-12-13-36-27/h3-7,14-18H,2,8-13H2,1H3. The van der Waals surface area contributed by atoms with E-state index in [1.54, 1.807) is 55.0 Å². The van der Waals surface area contributed by atoms with E-state index in [1.165, 1.54) is 3.97 Å². The van der Waals surface area contributed by atoms with Crippen LogP contribution in [0, 0.1) is 0 Å². The summed E-state index contributed by atoms with van der Waals surface area (Å²) in [4.78, 5) is 21.6. The molecule has 0 atom stereocenters. The van der Waals surface area contributed by atoms with Crippen LogP contribution in [0.2, 0.25) is 0 Å². The molecule has 1 saturated carbocycles.